The topological polar surface area (TPSA) is 43.4 Å². The van der Waals surface area contributed by atoms with Crippen LogP contribution in [0.4, 0.5) is 0 Å². The predicted octanol–water partition coefficient (Wildman–Crippen LogP) is 3.77. The molecular formula is C12H16Cl2O3S. The van der Waals surface area contributed by atoms with Gasteiger partial charge in [-0.3, -0.25) is 0 Å². The molecule has 0 amide bonds. The van der Waals surface area contributed by atoms with Crippen molar-refractivity contribution in [1.29, 1.82) is 0 Å². The molecule has 1 rings (SSSR count). The van der Waals surface area contributed by atoms with Gasteiger partial charge in [-0.1, -0.05) is 17.7 Å². The molecule has 1 aromatic rings. The van der Waals surface area contributed by atoms with E-state index in [9.17, 15) is 8.42 Å². The highest BCUT2D eigenvalue weighted by molar-refractivity contribution is 8.13. The first-order valence-electron chi connectivity index (χ1n) is 5.70. The Morgan fingerprint density at radius 3 is 2.56 bits per heavy atom. The largest absolute Gasteiger partial charge is 0.492 e. The van der Waals surface area contributed by atoms with E-state index in [1.807, 2.05) is 25.1 Å². The summed E-state index contributed by atoms with van der Waals surface area (Å²) in [5.74, 6) is 0.673. The zero-order valence-electron chi connectivity index (χ0n) is 10.2. The predicted molar refractivity (Wildman–Crippen MR) is 75.2 cm³/mol. The van der Waals surface area contributed by atoms with Crippen molar-refractivity contribution in [2.75, 3.05) is 12.4 Å². The van der Waals surface area contributed by atoms with Gasteiger partial charge < -0.3 is 4.74 Å². The van der Waals surface area contributed by atoms with E-state index < -0.39 is 9.05 Å². The summed E-state index contributed by atoms with van der Waals surface area (Å²) in [6.45, 7) is 2.48. The van der Waals surface area contributed by atoms with E-state index in [2.05, 4.69) is 0 Å². The van der Waals surface area contributed by atoms with Crippen LogP contribution in [0.5, 0.6) is 5.75 Å². The Kier molecular flexibility index (Phi) is 6.26. The third kappa shape index (κ3) is 6.47. The molecule has 0 saturated carbocycles. The van der Waals surface area contributed by atoms with Crippen LogP contribution >= 0.6 is 22.3 Å². The minimum Gasteiger partial charge on any atom is -0.492 e. The van der Waals surface area contributed by atoms with E-state index in [1.165, 1.54) is 0 Å². The lowest BCUT2D eigenvalue weighted by Crippen LogP contribution is -2.01. The molecular weight excluding hydrogens is 295 g/mol. The summed E-state index contributed by atoms with van der Waals surface area (Å²) in [4.78, 5) is 0. The van der Waals surface area contributed by atoms with Crippen LogP contribution < -0.4 is 4.74 Å². The van der Waals surface area contributed by atoms with Crippen LogP contribution in [0.15, 0.2) is 18.2 Å². The van der Waals surface area contributed by atoms with Gasteiger partial charge in [-0.05, 0) is 43.9 Å². The summed E-state index contributed by atoms with van der Waals surface area (Å²) in [7, 11) is 1.74. The zero-order valence-corrected chi connectivity index (χ0v) is 12.5. The van der Waals surface area contributed by atoms with Gasteiger partial charge in [0.25, 0.3) is 0 Å². The molecule has 3 nitrogen and oxygen atoms in total. The van der Waals surface area contributed by atoms with E-state index in [0.29, 0.717) is 23.8 Å². The van der Waals surface area contributed by atoms with E-state index >= 15 is 0 Å². The molecule has 1 aromatic carbocycles. The van der Waals surface area contributed by atoms with Crippen molar-refractivity contribution >= 4 is 31.3 Å². The summed E-state index contributed by atoms with van der Waals surface area (Å²) in [6, 6.07) is 5.61. The van der Waals surface area contributed by atoms with Crippen LogP contribution in [0.1, 0.15) is 24.8 Å². The Labute approximate surface area is 117 Å². The number of ether oxygens (including phenoxy) is 1. The molecule has 0 atom stereocenters. The van der Waals surface area contributed by atoms with E-state index in [1.54, 1.807) is 0 Å². The van der Waals surface area contributed by atoms with Crippen LogP contribution in [0.2, 0.25) is 5.02 Å². The van der Waals surface area contributed by atoms with Crippen LogP contribution in [0, 0.1) is 6.92 Å². The summed E-state index contributed by atoms with van der Waals surface area (Å²) in [5, 5.41) is 0.596. The van der Waals surface area contributed by atoms with Gasteiger partial charge >= 0.3 is 0 Å². The molecule has 0 fully saturated rings. The van der Waals surface area contributed by atoms with Crippen LogP contribution in [0.3, 0.4) is 0 Å². The Morgan fingerprint density at radius 2 is 1.94 bits per heavy atom. The molecule has 0 radical (unpaired) electrons. The molecule has 0 N–H and O–H groups in total. The maximum absolute atomic E-state index is 10.7. The number of hydrogen-bond donors (Lipinski definition) is 0. The minimum absolute atomic E-state index is 0.0137. The zero-order chi connectivity index (χ0) is 13.6. The average Bonchev–Trinajstić information content (AvgIpc) is 2.24. The fourth-order valence-electron chi connectivity index (χ4n) is 1.46. The molecule has 6 heteroatoms. The number of aryl methyl sites for hydroxylation is 1. The number of benzene rings is 1. The quantitative estimate of drug-likeness (QED) is 0.569. The van der Waals surface area contributed by atoms with Crippen molar-refractivity contribution in [3.05, 3.63) is 28.8 Å². The van der Waals surface area contributed by atoms with Crippen molar-refractivity contribution in [1.82, 2.24) is 0 Å². The van der Waals surface area contributed by atoms with Crippen molar-refractivity contribution in [2.45, 2.75) is 26.2 Å². The number of rotatable bonds is 7. The standard InChI is InChI=1S/C12H16Cl2O3S/c1-10-5-6-12(11(13)9-10)17-7-3-2-4-8-18(14,15)16/h5-6,9H,2-4,7-8H2,1H3. The normalized spacial score (nSPS) is 11.5. The lowest BCUT2D eigenvalue weighted by Gasteiger charge is -2.08. The Hall–Kier alpha value is -0.450. The highest BCUT2D eigenvalue weighted by atomic mass is 35.7. The van der Waals surface area contributed by atoms with Gasteiger partial charge in [0.05, 0.1) is 17.4 Å². The van der Waals surface area contributed by atoms with Crippen molar-refractivity contribution < 1.29 is 13.2 Å². The Balaban J connectivity index is 2.22. The van der Waals surface area contributed by atoms with Gasteiger partial charge in [-0.2, -0.15) is 0 Å². The molecule has 0 aliphatic rings. The third-order valence-electron chi connectivity index (χ3n) is 2.38. The third-order valence-corrected chi connectivity index (χ3v) is 3.91. The van der Waals surface area contributed by atoms with Crippen molar-refractivity contribution in [2.24, 2.45) is 0 Å². The van der Waals surface area contributed by atoms with Crippen molar-refractivity contribution in [3.8, 4) is 5.75 Å². The van der Waals surface area contributed by atoms with E-state index in [0.717, 1.165) is 18.4 Å². The molecule has 0 saturated heterocycles. The first-order chi connectivity index (χ1) is 8.38. The maximum Gasteiger partial charge on any atom is 0.232 e. The number of halogens is 2. The summed E-state index contributed by atoms with van der Waals surface area (Å²) >= 11 is 6.01. The molecule has 0 spiro atoms. The van der Waals surface area contributed by atoms with Crippen LogP contribution in [-0.4, -0.2) is 20.8 Å². The van der Waals surface area contributed by atoms with Gasteiger partial charge in [0.15, 0.2) is 0 Å². The average molecular weight is 311 g/mol. The number of hydrogen-bond acceptors (Lipinski definition) is 3. The molecule has 102 valence electrons. The molecule has 0 aromatic heterocycles. The second-order valence-corrected chi connectivity index (χ2v) is 7.39. The monoisotopic (exact) mass is 310 g/mol. The molecule has 0 bridgehead atoms. The van der Waals surface area contributed by atoms with Crippen LogP contribution in [0.25, 0.3) is 0 Å². The highest BCUT2D eigenvalue weighted by Gasteiger charge is 2.04. The van der Waals surface area contributed by atoms with Gasteiger partial charge in [0.1, 0.15) is 5.75 Å². The van der Waals surface area contributed by atoms with Gasteiger partial charge in [-0.25, -0.2) is 8.42 Å². The van der Waals surface area contributed by atoms with E-state index in [-0.39, 0.29) is 5.75 Å². The molecule has 0 aliphatic heterocycles. The Morgan fingerprint density at radius 1 is 1.22 bits per heavy atom. The second kappa shape index (κ2) is 7.22. The molecule has 0 heterocycles. The first kappa shape index (κ1) is 15.6. The molecule has 0 unspecified atom stereocenters. The fraction of sp³-hybridized carbons (Fsp3) is 0.500. The summed E-state index contributed by atoms with van der Waals surface area (Å²) in [6.07, 6.45) is 2.09. The lowest BCUT2D eigenvalue weighted by molar-refractivity contribution is 0.306. The van der Waals surface area contributed by atoms with Crippen LogP contribution in [-0.2, 0) is 9.05 Å². The van der Waals surface area contributed by atoms with E-state index in [4.69, 9.17) is 27.0 Å². The highest BCUT2D eigenvalue weighted by Crippen LogP contribution is 2.25. The van der Waals surface area contributed by atoms with Crippen molar-refractivity contribution in [3.63, 3.8) is 0 Å². The summed E-state index contributed by atoms with van der Waals surface area (Å²) < 4.78 is 26.9. The Bertz CT molecular complexity index is 486. The summed E-state index contributed by atoms with van der Waals surface area (Å²) in [5.41, 5.74) is 1.08. The fourth-order valence-corrected chi connectivity index (χ4v) is 2.62. The van der Waals surface area contributed by atoms with Gasteiger partial charge in [0, 0.05) is 10.7 Å². The number of unbranched alkanes of at least 4 members (excludes halogenated alkanes) is 2. The van der Waals surface area contributed by atoms with Gasteiger partial charge in [-0.15, -0.1) is 0 Å². The minimum atomic E-state index is -3.36. The SMILES string of the molecule is Cc1ccc(OCCCCCS(=O)(=O)Cl)c(Cl)c1. The molecule has 0 aliphatic carbocycles. The maximum atomic E-state index is 10.7. The smallest absolute Gasteiger partial charge is 0.232 e. The van der Waals surface area contributed by atoms with Gasteiger partial charge in [0.2, 0.25) is 9.05 Å². The first-order valence-corrected chi connectivity index (χ1v) is 8.55. The second-order valence-electron chi connectivity index (χ2n) is 4.09. The lowest BCUT2D eigenvalue weighted by atomic mass is 10.2. The molecule has 18 heavy (non-hydrogen) atoms.